The Morgan fingerprint density at radius 2 is 0.852 bits per heavy atom. The maximum absolute atomic E-state index is 2.35. The van der Waals surface area contributed by atoms with E-state index in [1.807, 2.05) is 0 Å². The highest BCUT2D eigenvalue weighted by Crippen LogP contribution is 2.55. The van der Waals surface area contributed by atoms with Crippen LogP contribution in [-0.2, 0) is 0 Å². The number of hydrogen-bond donors (Lipinski definition) is 0. The van der Waals surface area contributed by atoms with Gasteiger partial charge in [-0.25, -0.2) is 0 Å². The molecule has 27 heavy (non-hydrogen) atoms. The summed E-state index contributed by atoms with van der Waals surface area (Å²) in [5.74, 6) is 0. The Kier molecular flexibility index (Phi) is 7.66. The van der Waals surface area contributed by atoms with E-state index in [0.717, 1.165) is 0 Å². The van der Waals surface area contributed by atoms with E-state index in [1.54, 1.807) is 0 Å². The SMILES string of the molecule is CCCCCCCC[P+](c1ccccc1)(c1ccccc1)c1ccccc1. The zero-order valence-corrected chi connectivity index (χ0v) is 17.5. The topological polar surface area (TPSA) is 0 Å². The Morgan fingerprint density at radius 3 is 1.26 bits per heavy atom. The van der Waals surface area contributed by atoms with Crippen LogP contribution < -0.4 is 15.9 Å². The molecule has 0 aromatic heterocycles. The van der Waals surface area contributed by atoms with E-state index in [9.17, 15) is 0 Å². The van der Waals surface area contributed by atoms with Crippen LogP contribution in [0.3, 0.4) is 0 Å². The van der Waals surface area contributed by atoms with Gasteiger partial charge in [0.2, 0.25) is 0 Å². The Balaban J connectivity index is 1.98. The summed E-state index contributed by atoms with van der Waals surface area (Å²) in [5.41, 5.74) is 0. The Hall–Kier alpha value is -1.91. The molecule has 0 radical (unpaired) electrons. The van der Waals surface area contributed by atoms with Crippen LogP contribution in [0.4, 0.5) is 0 Å². The van der Waals surface area contributed by atoms with Crippen molar-refractivity contribution in [2.75, 3.05) is 6.16 Å². The minimum atomic E-state index is -1.61. The molecule has 1 heteroatoms. The molecule has 0 N–H and O–H groups in total. The fourth-order valence-electron chi connectivity index (χ4n) is 4.01. The third kappa shape index (κ3) is 4.88. The first-order valence-electron chi connectivity index (χ1n) is 10.4. The highest BCUT2D eigenvalue weighted by molar-refractivity contribution is 7.95. The van der Waals surface area contributed by atoms with E-state index in [0.29, 0.717) is 0 Å². The van der Waals surface area contributed by atoms with Gasteiger partial charge in [0, 0.05) is 0 Å². The second-order valence-corrected chi connectivity index (χ2v) is 10.9. The third-order valence-corrected chi connectivity index (χ3v) is 9.96. The van der Waals surface area contributed by atoms with E-state index in [1.165, 1.54) is 60.6 Å². The summed E-state index contributed by atoms with van der Waals surface area (Å²) < 4.78 is 0. The van der Waals surface area contributed by atoms with Crippen molar-refractivity contribution >= 4 is 23.2 Å². The highest BCUT2D eigenvalue weighted by atomic mass is 31.2. The monoisotopic (exact) mass is 375 g/mol. The molecule has 0 spiro atoms. The van der Waals surface area contributed by atoms with Crippen LogP contribution in [0.15, 0.2) is 91.0 Å². The van der Waals surface area contributed by atoms with Gasteiger partial charge < -0.3 is 0 Å². The summed E-state index contributed by atoms with van der Waals surface area (Å²) in [4.78, 5) is 0. The molecule has 0 atom stereocenters. The molecule has 0 heterocycles. The van der Waals surface area contributed by atoms with Crippen LogP contribution in [-0.4, -0.2) is 6.16 Å². The third-order valence-electron chi connectivity index (χ3n) is 5.44. The molecular weight excluding hydrogens is 343 g/mol. The molecule has 0 aliphatic rings. The van der Waals surface area contributed by atoms with Crippen molar-refractivity contribution < 1.29 is 0 Å². The van der Waals surface area contributed by atoms with Gasteiger partial charge in [0.25, 0.3) is 0 Å². The highest BCUT2D eigenvalue weighted by Gasteiger charge is 2.44. The number of benzene rings is 3. The van der Waals surface area contributed by atoms with Crippen molar-refractivity contribution in [3.05, 3.63) is 91.0 Å². The van der Waals surface area contributed by atoms with Gasteiger partial charge in [-0.05, 0) is 49.2 Å². The molecule has 0 bridgehead atoms. The summed E-state index contributed by atoms with van der Waals surface area (Å²) in [5, 5.41) is 4.53. The van der Waals surface area contributed by atoms with Gasteiger partial charge >= 0.3 is 0 Å². The predicted molar refractivity (Wildman–Crippen MR) is 123 cm³/mol. The summed E-state index contributed by atoms with van der Waals surface area (Å²) in [6, 6.07) is 33.8. The molecule has 0 fully saturated rings. The van der Waals surface area contributed by atoms with Gasteiger partial charge in [-0.15, -0.1) is 0 Å². The summed E-state index contributed by atoms with van der Waals surface area (Å²) in [6.07, 6.45) is 9.34. The van der Waals surface area contributed by atoms with Gasteiger partial charge in [0.1, 0.15) is 23.2 Å². The summed E-state index contributed by atoms with van der Waals surface area (Å²) in [7, 11) is -1.61. The molecule has 3 rings (SSSR count). The minimum absolute atomic E-state index is 1.26. The van der Waals surface area contributed by atoms with Crippen molar-refractivity contribution in [3.63, 3.8) is 0 Å². The van der Waals surface area contributed by atoms with Crippen LogP contribution in [0, 0.1) is 0 Å². The van der Waals surface area contributed by atoms with E-state index >= 15 is 0 Å². The normalized spacial score (nSPS) is 11.4. The van der Waals surface area contributed by atoms with E-state index < -0.39 is 7.26 Å². The van der Waals surface area contributed by atoms with Crippen molar-refractivity contribution in [1.82, 2.24) is 0 Å². The summed E-state index contributed by atoms with van der Waals surface area (Å²) in [6.45, 7) is 2.29. The molecule has 3 aromatic rings. The maximum Gasteiger partial charge on any atom is 0.112 e. The average molecular weight is 376 g/mol. The van der Waals surface area contributed by atoms with E-state index in [-0.39, 0.29) is 0 Å². The fourth-order valence-corrected chi connectivity index (χ4v) is 8.42. The lowest BCUT2D eigenvalue weighted by atomic mass is 10.1. The fraction of sp³-hybridized carbons (Fsp3) is 0.308. The van der Waals surface area contributed by atoms with Crippen LogP contribution in [0.5, 0.6) is 0 Å². The van der Waals surface area contributed by atoms with Crippen LogP contribution in [0.1, 0.15) is 45.4 Å². The van der Waals surface area contributed by atoms with Gasteiger partial charge in [-0.2, -0.15) is 0 Å². The Bertz CT molecular complexity index is 668. The standard InChI is InChI=1S/C26H32P/c1-2-3-4-5-6-16-23-27(24-17-10-7-11-18-24,25-19-12-8-13-20-25)26-21-14-9-15-22-26/h7-15,17-22H,2-6,16,23H2,1H3/q+1. The second kappa shape index (κ2) is 10.4. The molecule has 0 nitrogen and oxygen atoms in total. The first-order valence-corrected chi connectivity index (χ1v) is 12.4. The molecule has 0 aliphatic heterocycles. The van der Waals surface area contributed by atoms with Crippen LogP contribution >= 0.6 is 7.26 Å². The number of rotatable bonds is 10. The lowest BCUT2D eigenvalue weighted by molar-refractivity contribution is 0.626. The van der Waals surface area contributed by atoms with Gasteiger partial charge in [0.05, 0.1) is 6.16 Å². The molecule has 0 saturated heterocycles. The molecule has 140 valence electrons. The predicted octanol–water partition coefficient (Wildman–Crippen LogP) is 6.34. The molecule has 0 amide bonds. The first kappa shape index (κ1) is 19.8. The largest absolute Gasteiger partial charge is 0.112 e. The molecule has 3 aromatic carbocycles. The Labute approximate surface area is 166 Å². The number of hydrogen-bond acceptors (Lipinski definition) is 0. The van der Waals surface area contributed by atoms with Gasteiger partial charge in [0.15, 0.2) is 0 Å². The van der Waals surface area contributed by atoms with Crippen LogP contribution in [0.2, 0.25) is 0 Å². The zero-order valence-electron chi connectivity index (χ0n) is 16.6. The van der Waals surface area contributed by atoms with E-state index in [4.69, 9.17) is 0 Å². The summed E-state index contributed by atoms with van der Waals surface area (Å²) >= 11 is 0. The average Bonchev–Trinajstić information content (AvgIpc) is 2.75. The smallest absolute Gasteiger partial charge is 0.0654 e. The maximum atomic E-state index is 2.35. The lowest BCUT2D eigenvalue weighted by Gasteiger charge is -2.27. The lowest BCUT2D eigenvalue weighted by Crippen LogP contribution is -2.33. The molecule has 0 unspecified atom stereocenters. The minimum Gasteiger partial charge on any atom is -0.0654 e. The van der Waals surface area contributed by atoms with Crippen LogP contribution in [0.25, 0.3) is 0 Å². The zero-order chi connectivity index (χ0) is 18.8. The van der Waals surface area contributed by atoms with E-state index in [2.05, 4.69) is 97.9 Å². The molecular formula is C26H32P+. The van der Waals surface area contributed by atoms with Crippen molar-refractivity contribution in [2.45, 2.75) is 45.4 Å². The van der Waals surface area contributed by atoms with Gasteiger partial charge in [-0.1, -0.05) is 87.2 Å². The van der Waals surface area contributed by atoms with Gasteiger partial charge in [-0.3, -0.25) is 0 Å². The first-order chi connectivity index (χ1) is 13.4. The van der Waals surface area contributed by atoms with Crippen molar-refractivity contribution in [3.8, 4) is 0 Å². The quantitative estimate of drug-likeness (QED) is 0.286. The van der Waals surface area contributed by atoms with Crippen molar-refractivity contribution in [2.24, 2.45) is 0 Å². The van der Waals surface area contributed by atoms with Crippen molar-refractivity contribution in [1.29, 1.82) is 0 Å². The Morgan fingerprint density at radius 1 is 0.481 bits per heavy atom. The molecule has 0 aliphatic carbocycles. The second-order valence-electron chi connectivity index (χ2n) is 7.31. The number of unbranched alkanes of at least 4 members (excludes halogenated alkanes) is 5. The molecule has 0 saturated carbocycles.